The van der Waals surface area contributed by atoms with Crippen LogP contribution in [0.1, 0.15) is 26.7 Å². The molecule has 3 heteroatoms. The molecule has 0 fully saturated rings. The first kappa shape index (κ1) is 9.59. The van der Waals surface area contributed by atoms with E-state index in [2.05, 4.69) is 0 Å². The van der Waals surface area contributed by atoms with E-state index in [1.165, 1.54) is 6.92 Å². The van der Waals surface area contributed by atoms with Gasteiger partial charge in [0.25, 0.3) is 0 Å². The fourth-order valence-electron chi connectivity index (χ4n) is 0.598. The van der Waals surface area contributed by atoms with Crippen molar-refractivity contribution in [3.63, 3.8) is 0 Å². The molecule has 1 unspecified atom stereocenters. The number of nitrogens with two attached hydrogens (primary N) is 1. The maximum absolute atomic E-state index is 11.0. The number of rotatable bonds is 4. The van der Waals surface area contributed by atoms with Crippen LogP contribution in [0.15, 0.2) is 0 Å². The predicted molar refractivity (Wildman–Crippen MR) is 39.6 cm³/mol. The number of Topliss-reactive ketones (excluding diaryl/α,β-unsaturated/α-hetero) is 1. The molecular formula is C7H15NO2. The highest BCUT2D eigenvalue weighted by atomic mass is 16.3. The summed E-state index contributed by atoms with van der Waals surface area (Å²) in [4.78, 5) is 11.0. The highest BCUT2D eigenvalue weighted by Crippen LogP contribution is 2.10. The molecule has 3 N–H and O–H groups in total. The Hall–Kier alpha value is -0.410. The van der Waals surface area contributed by atoms with Crippen molar-refractivity contribution < 1.29 is 9.90 Å². The molecule has 0 rings (SSSR count). The van der Waals surface area contributed by atoms with Gasteiger partial charge in [-0.2, -0.15) is 0 Å². The number of hydrogen-bond acceptors (Lipinski definition) is 3. The second kappa shape index (κ2) is 3.68. The average Bonchev–Trinajstić information content (AvgIpc) is 1.89. The molecule has 0 saturated heterocycles. The van der Waals surface area contributed by atoms with Crippen LogP contribution in [0.2, 0.25) is 0 Å². The summed E-state index contributed by atoms with van der Waals surface area (Å²) in [5.41, 5.74) is 3.98. The first-order chi connectivity index (χ1) is 4.54. The molecule has 60 valence electrons. The van der Waals surface area contributed by atoms with Gasteiger partial charge in [-0.25, -0.2) is 0 Å². The lowest BCUT2D eigenvalue weighted by molar-refractivity contribution is -0.135. The first-order valence-electron chi connectivity index (χ1n) is 3.50. The number of ketones is 1. The van der Waals surface area contributed by atoms with Gasteiger partial charge in [-0.15, -0.1) is 0 Å². The fourth-order valence-corrected chi connectivity index (χ4v) is 0.598. The van der Waals surface area contributed by atoms with Gasteiger partial charge in [0.2, 0.25) is 0 Å². The van der Waals surface area contributed by atoms with Crippen LogP contribution in [-0.4, -0.2) is 23.0 Å². The summed E-state index contributed by atoms with van der Waals surface area (Å²) in [5, 5.41) is 9.32. The zero-order chi connectivity index (χ0) is 8.20. The van der Waals surface area contributed by atoms with E-state index in [1.807, 2.05) is 0 Å². The van der Waals surface area contributed by atoms with Gasteiger partial charge in [0.05, 0.1) is 0 Å². The summed E-state index contributed by atoms with van der Waals surface area (Å²) in [6, 6.07) is 0. The molecule has 0 aromatic heterocycles. The van der Waals surface area contributed by atoms with Crippen LogP contribution in [-0.2, 0) is 4.79 Å². The summed E-state index contributed by atoms with van der Waals surface area (Å²) in [6.45, 7) is 3.61. The molecule has 0 aliphatic rings. The van der Waals surface area contributed by atoms with Crippen molar-refractivity contribution in [2.45, 2.75) is 32.3 Å². The summed E-state index contributed by atoms with van der Waals surface area (Å²) < 4.78 is 0. The van der Waals surface area contributed by atoms with Crippen molar-refractivity contribution in [2.24, 2.45) is 5.73 Å². The number of carbonyl (C=O) groups is 1. The molecule has 0 aromatic rings. The lowest BCUT2D eigenvalue weighted by Gasteiger charge is -2.18. The number of hydrogen-bond donors (Lipinski definition) is 2. The van der Waals surface area contributed by atoms with E-state index < -0.39 is 5.60 Å². The molecule has 3 nitrogen and oxygen atoms in total. The van der Waals surface area contributed by atoms with Crippen molar-refractivity contribution >= 4 is 5.78 Å². The van der Waals surface area contributed by atoms with E-state index >= 15 is 0 Å². The van der Waals surface area contributed by atoms with Crippen molar-refractivity contribution in [1.29, 1.82) is 0 Å². The minimum atomic E-state index is -1.17. The van der Waals surface area contributed by atoms with Gasteiger partial charge in [-0.05, 0) is 19.9 Å². The average molecular weight is 145 g/mol. The Kier molecular flexibility index (Phi) is 3.53. The van der Waals surface area contributed by atoms with Gasteiger partial charge in [0, 0.05) is 6.42 Å². The van der Waals surface area contributed by atoms with E-state index in [9.17, 15) is 9.90 Å². The first-order valence-corrected chi connectivity index (χ1v) is 3.50. The molecule has 10 heavy (non-hydrogen) atoms. The van der Waals surface area contributed by atoms with Crippen molar-refractivity contribution in [3.05, 3.63) is 0 Å². The Labute approximate surface area is 61.2 Å². The number of carbonyl (C=O) groups excluding carboxylic acids is 1. The van der Waals surface area contributed by atoms with E-state index in [1.54, 1.807) is 6.92 Å². The van der Waals surface area contributed by atoms with Crippen LogP contribution in [0.4, 0.5) is 0 Å². The van der Waals surface area contributed by atoms with Crippen LogP contribution in [0.3, 0.4) is 0 Å². The quantitative estimate of drug-likeness (QED) is 0.588. The largest absolute Gasteiger partial charge is 0.382 e. The summed E-state index contributed by atoms with van der Waals surface area (Å²) >= 11 is 0. The van der Waals surface area contributed by atoms with Crippen LogP contribution >= 0.6 is 0 Å². The van der Waals surface area contributed by atoms with E-state index in [4.69, 9.17) is 5.73 Å². The SMILES string of the molecule is CCC(C)(O)C(=O)CCN. The molecule has 0 aromatic carbocycles. The van der Waals surface area contributed by atoms with Gasteiger partial charge >= 0.3 is 0 Å². The van der Waals surface area contributed by atoms with Crippen LogP contribution in [0.25, 0.3) is 0 Å². The fraction of sp³-hybridized carbons (Fsp3) is 0.857. The highest BCUT2D eigenvalue weighted by molar-refractivity contribution is 5.86. The maximum Gasteiger partial charge on any atom is 0.165 e. The number of aliphatic hydroxyl groups is 1. The van der Waals surface area contributed by atoms with E-state index in [0.717, 1.165) is 0 Å². The minimum absolute atomic E-state index is 0.169. The molecule has 0 radical (unpaired) electrons. The molecule has 0 heterocycles. The Morgan fingerprint density at radius 2 is 2.20 bits per heavy atom. The Balaban J connectivity index is 3.91. The van der Waals surface area contributed by atoms with Gasteiger partial charge in [0.1, 0.15) is 5.60 Å². The Bertz CT molecular complexity index is 121. The summed E-state index contributed by atoms with van der Waals surface area (Å²) in [6.07, 6.45) is 0.715. The van der Waals surface area contributed by atoms with Crippen molar-refractivity contribution in [3.8, 4) is 0 Å². The van der Waals surface area contributed by atoms with Crippen LogP contribution in [0, 0.1) is 0 Å². The smallest absolute Gasteiger partial charge is 0.165 e. The monoisotopic (exact) mass is 145 g/mol. The lowest BCUT2D eigenvalue weighted by atomic mass is 9.96. The van der Waals surface area contributed by atoms with Gasteiger partial charge in [-0.1, -0.05) is 6.92 Å². The molecule has 0 saturated carbocycles. The molecule has 0 aliphatic carbocycles. The standard InChI is InChI=1S/C7H15NO2/c1-3-7(2,10)6(9)4-5-8/h10H,3-5,8H2,1-2H3. The topological polar surface area (TPSA) is 63.3 Å². The Morgan fingerprint density at radius 1 is 1.70 bits per heavy atom. The van der Waals surface area contributed by atoms with Crippen LogP contribution < -0.4 is 5.73 Å². The molecular weight excluding hydrogens is 130 g/mol. The second-order valence-corrected chi connectivity index (χ2v) is 2.59. The zero-order valence-corrected chi connectivity index (χ0v) is 6.55. The molecule has 0 spiro atoms. The molecule has 0 bridgehead atoms. The third-order valence-corrected chi connectivity index (χ3v) is 1.66. The van der Waals surface area contributed by atoms with Crippen LogP contribution in [0.5, 0.6) is 0 Å². The highest BCUT2D eigenvalue weighted by Gasteiger charge is 2.26. The third-order valence-electron chi connectivity index (χ3n) is 1.66. The van der Waals surface area contributed by atoms with Gasteiger partial charge in [-0.3, -0.25) is 4.79 Å². The maximum atomic E-state index is 11.0. The normalized spacial score (nSPS) is 16.4. The molecule has 0 amide bonds. The minimum Gasteiger partial charge on any atom is -0.382 e. The third kappa shape index (κ3) is 2.45. The van der Waals surface area contributed by atoms with Crippen molar-refractivity contribution in [2.75, 3.05) is 6.54 Å². The summed E-state index contributed by atoms with van der Waals surface area (Å²) in [7, 11) is 0. The summed E-state index contributed by atoms with van der Waals surface area (Å²) in [5.74, 6) is -0.169. The lowest BCUT2D eigenvalue weighted by Crippen LogP contribution is -2.35. The Morgan fingerprint density at radius 3 is 2.50 bits per heavy atom. The van der Waals surface area contributed by atoms with E-state index in [-0.39, 0.29) is 12.2 Å². The van der Waals surface area contributed by atoms with Gasteiger partial charge < -0.3 is 10.8 Å². The molecule has 1 atom stereocenters. The predicted octanol–water partition coefficient (Wildman–Crippen LogP) is 0.0653. The van der Waals surface area contributed by atoms with E-state index in [0.29, 0.717) is 13.0 Å². The second-order valence-electron chi connectivity index (χ2n) is 2.59. The molecule has 0 aliphatic heterocycles. The van der Waals surface area contributed by atoms with Gasteiger partial charge in [0.15, 0.2) is 5.78 Å². The zero-order valence-electron chi connectivity index (χ0n) is 6.55. The van der Waals surface area contributed by atoms with Crippen molar-refractivity contribution in [1.82, 2.24) is 0 Å².